The quantitative estimate of drug-likeness (QED) is 0.735. The van der Waals surface area contributed by atoms with Crippen molar-refractivity contribution in [2.45, 2.75) is 12.8 Å². The summed E-state index contributed by atoms with van der Waals surface area (Å²) in [6, 6.07) is 11.9. The SMILES string of the molecule is CC(C=O)c1cc(-c2ccccc2)nn1C. The van der Waals surface area contributed by atoms with Gasteiger partial charge in [0.25, 0.3) is 0 Å². The van der Waals surface area contributed by atoms with Crippen LogP contribution >= 0.6 is 0 Å². The predicted molar refractivity (Wildman–Crippen MR) is 63.1 cm³/mol. The van der Waals surface area contributed by atoms with Crippen molar-refractivity contribution >= 4 is 6.29 Å². The van der Waals surface area contributed by atoms with Gasteiger partial charge >= 0.3 is 0 Å². The summed E-state index contributed by atoms with van der Waals surface area (Å²) >= 11 is 0. The van der Waals surface area contributed by atoms with Crippen molar-refractivity contribution < 1.29 is 4.79 Å². The van der Waals surface area contributed by atoms with Gasteiger partial charge in [0.05, 0.1) is 11.6 Å². The number of benzene rings is 1. The monoisotopic (exact) mass is 214 g/mol. The lowest BCUT2D eigenvalue weighted by Crippen LogP contribution is -2.03. The highest BCUT2D eigenvalue weighted by molar-refractivity contribution is 5.64. The molecule has 0 saturated heterocycles. The Bertz CT molecular complexity index is 488. The third kappa shape index (κ3) is 1.89. The van der Waals surface area contributed by atoms with Crippen LogP contribution in [0, 0.1) is 0 Å². The molecule has 0 amide bonds. The van der Waals surface area contributed by atoms with Crippen LogP contribution in [-0.2, 0) is 11.8 Å². The first-order valence-electron chi connectivity index (χ1n) is 5.27. The molecule has 2 aromatic rings. The first-order chi connectivity index (χ1) is 7.72. The fourth-order valence-electron chi connectivity index (χ4n) is 1.73. The van der Waals surface area contributed by atoms with Gasteiger partial charge in [-0.15, -0.1) is 0 Å². The van der Waals surface area contributed by atoms with Gasteiger partial charge in [-0.3, -0.25) is 4.68 Å². The Labute approximate surface area is 94.7 Å². The highest BCUT2D eigenvalue weighted by Gasteiger charge is 2.12. The molecule has 0 aliphatic carbocycles. The molecule has 82 valence electrons. The molecule has 0 saturated carbocycles. The summed E-state index contributed by atoms with van der Waals surface area (Å²) in [6.07, 6.45) is 0.936. The van der Waals surface area contributed by atoms with Crippen LogP contribution in [-0.4, -0.2) is 16.1 Å². The Morgan fingerprint density at radius 1 is 1.31 bits per heavy atom. The summed E-state index contributed by atoms with van der Waals surface area (Å²) in [4.78, 5) is 10.8. The zero-order valence-corrected chi connectivity index (χ0v) is 9.42. The highest BCUT2D eigenvalue weighted by atomic mass is 16.1. The van der Waals surface area contributed by atoms with Gasteiger partial charge in [0.2, 0.25) is 0 Å². The summed E-state index contributed by atoms with van der Waals surface area (Å²) in [7, 11) is 1.86. The van der Waals surface area contributed by atoms with E-state index in [4.69, 9.17) is 0 Å². The van der Waals surface area contributed by atoms with Gasteiger partial charge in [-0.25, -0.2) is 0 Å². The number of aldehydes is 1. The second-order valence-corrected chi connectivity index (χ2v) is 3.87. The van der Waals surface area contributed by atoms with Crippen LogP contribution in [0.25, 0.3) is 11.3 Å². The maximum Gasteiger partial charge on any atom is 0.128 e. The predicted octanol–water partition coefficient (Wildman–Crippen LogP) is 2.39. The third-order valence-electron chi connectivity index (χ3n) is 2.66. The van der Waals surface area contributed by atoms with E-state index in [2.05, 4.69) is 5.10 Å². The van der Waals surface area contributed by atoms with Crippen molar-refractivity contribution in [1.29, 1.82) is 0 Å². The van der Waals surface area contributed by atoms with E-state index in [0.29, 0.717) is 0 Å². The van der Waals surface area contributed by atoms with E-state index >= 15 is 0 Å². The second kappa shape index (κ2) is 4.31. The summed E-state index contributed by atoms with van der Waals surface area (Å²) < 4.78 is 1.77. The fourth-order valence-corrected chi connectivity index (χ4v) is 1.73. The molecule has 0 bridgehead atoms. The first kappa shape index (κ1) is 10.6. The molecule has 1 heterocycles. The van der Waals surface area contributed by atoms with Gasteiger partial charge in [0.1, 0.15) is 6.29 Å². The molecule has 16 heavy (non-hydrogen) atoms. The molecule has 0 radical (unpaired) electrons. The highest BCUT2D eigenvalue weighted by Crippen LogP contribution is 2.21. The van der Waals surface area contributed by atoms with Crippen LogP contribution in [0.5, 0.6) is 0 Å². The summed E-state index contributed by atoms with van der Waals surface area (Å²) in [6.45, 7) is 1.87. The normalized spacial score (nSPS) is 12.4. The largest absolute Gasteiger partial charge is 0.303 e. The van der Waals surface area contributed by atoms with Crippen LogP contribution in [0.3, 0.4) is 0 Å². The average molecular weight is 214 g/mol. The zero-order chi connectivity index (χ0) is 11.5. The van der Waals surface area contributed by atoms with Crippen LogP contribution in [0.2, 0.25) is 0 Å². The molecular formula is C13H14N2O. The number of rotatable bonds is 3. The van der Waals surface area contributed by atoms with Crippen LogP contribution in [0.4, 0.5) is 0 Å². The van der Waals surface area contributed by atoms with Gasteiger partial charge in [-0.1, -0.05) is 37.3 Å². The van der Waals surface area contributed by atoms with Crippen molar-refractivity contribution in [3.63, 3.8) is 0 Å². The molecular weight excluding hydrogens is 200 g/mol. The Kier molecular flexibility index (Phi) is 2.86. The summed E-state index contributed by atoms with van der Waals surface area (Å²) in [5.74, 6) is -0.116. The number of nitrogens with zero attached hydrogens (tertiary/aromatic N) is 2. The van der Waals surface area contributed by atoms with Gasteiger partial charge in [0.15, 0.2) is 0 Å². The van der Waals surface area contributed by atoms with Crippen molar-refractivity contribution in [3.05, 3.63) is 42.1 Å². The average Bonchev–Trinajstić information content (AvgIpc) is 2.71. The number of aromatic nitrogens is 2. The number of carbonyl (C=O) groups excluding carboxylic acids is 1. The molecule has 3 heteroatoms. The standard InChI is InChI=1S/C13H14N2O/c1-10(9-16)13-8-12(14-15(13)2)11-6-4-3-5-7-11/h3-10H,1-2H3. The molecule has 2 rings (SSSR count). The molecule has 0 aliphatic rings. The van der Waals surface area contributed by atoms with Gasteiger partial charge in [-0.2, -0.15) is 5.10 Å². The Morgan fingerprint density at radius 3 is 2.62 bits per heavy atom. The third-order valence-corrected chi connectivity index (χ3v) is 2.66. The van der Waals surface area contributed by atoms with Crippen molar-refractivity contribution in [2.75, 3.05) is 0 Å². The minimum atomic E-state index is -0.116. The summed E-state index contributed by atoms with van der Waals surface area (Å²) in [5.41, 5.74) is 2.92. The van der Waals surface area contributed by atoms with Crippen LogP contribution in [0.15, 0.2) is 36.4 Å². The molecule has 0 fully saturated rings. The zero-order valence-electron chi connectivity index (χ0n) is 9.42. The van der Waals surface area contributed by atoms with Gasteiger partial charge in [-0.05, 0) is 6.07 Å². The minimum absolute atomic E-state index is 0.116. The molecule has 0 N–H and O–H groups in total. The smallest absolute Gasteiger partial charge is 0.128 e. The molecule has 1 atom stereocenters. The summed E-state index contributed by atoms with van der Waals surface area (Å²) in [5, 5.41) is 4.41. The van der Waals surface area contributed by atoms with E-state index in [1.807, 2.05) is 50.4 Å². The minimum Gasteiger partial charge on any atom is -0.303 e. The number of hydrogen-bond donors (Lipinski definition) is 0. The molecule has 1 aromatic heterocycles. The van der Waals surface area contributed by atoms with E-state index in [9.17, 15) is 4.79 Å². The topological polar surface area (TPSA) is 34.9 Å². The molecule has 3 nitrogen and oxygen atoms in total. The van der Waals surface area contributed by atoms with Crippen LogP contribution < -0.4 is 0 Å². The van der Waals surface area contributed by atoms with Gasteiger partial charge < -0.3 is 4.79 Å². The fraction of sp³-hybridized carbons (Fsp3) is 0.231. The maximum absolute atomic E-state index is 10.8. The van der Waals surface area contributed by atoms with E-state index < -0.39 is 0 Å². The molecule has 0 spiro atoms. The van der Waals surface area contributed by atoms with E-state index in [0.717, 1.165) is 23.2 Å². The number of aryl methyl sites for hydroxylation is 1. The lowest BCUT2D eigenvalue weighted by atomic mass is 10.1. The van der Waals surface area contributed by atoms with E-state index in [-0.39, 0.29) is 5.92 Å². The molecule has 0 aliphatic heterocycles. The maximum atomic E-state index is 10.8. The van der Waals surface area contributed by atoms with E-state index in [1.165, 1.54) is 0 Å². The number of carbonyl (C=O) groups is 1. The molecule has 1 unspecified atom stereocenters. The Morgan fingerprint density at radius 2 is 2.00 bits per heavy atom. The number of hydrogen-bond acceptors (Lipinski definition) is 2. The molecule has 1 aromatic carbocycles. The van der Waals surface area contributed by atoms with Crippen molar-refractivity contribution in [1.82, 2.24) is 9.78 Å². The van der Waals surface area contributed by atoms with Crippen molar-refractivity contribution in [2.24, 2.45) is 7.05 Å². The van der Waals surface area contributed by atoms with Crippen LogP contribution in [0.1, 0.15) is 18.5 Å². The lowest BCUT2D eigenvalue weighted by molar-refractivity contribution is -0.108. The first-order valence-corrected chi connectivity index (χ1v) is 5.27. The Balaban J connectivity index is 2.42. The lowest BCUT2D eigenvalue weighted by Gasteiger charge is -2.01. The van der Waals surface area contributed by atoms with Crippen molar-refractivity contribution in [3.8, 4) is 11.3 Å². The van der Waals surface area contributed by atoms with Gasteiger partial charge in [0, 0.05) is 18.3 Å². The van der Waals surface area contributed by atoms with E-state index in [1.54, 1.807) is 4.68 Å². The Hall–Kier alpha value is -1.90. The second-order valence-electron chi connectivity index (χ2n) is 3.87.